The third kappa shape index (κ3) is 4.09. The molecule has 2 aromatic carbocycles. The standard InChI is InChI=1S/C19H21N3O3/c1-3-25-17-10-6-15(7-11-17)21-19-20-12-18(23)22(19)13-14-4-8-16(24-2)9-5-14/h4-11H,3,12-13H2,1-2H3,(H,20,21)/p+1. The van der Waals surface area contributed by atoms with Gasteiger partial charge in [0.15, 0.2) is 6.54 Å². The van der Waals surface area contributed by atoms with Gasteiger partial charge in [0.1, 0.15) is 18.0 Å². The van der Waals surface area contributed by atoms with Crippen molar-refractivity contribution in [3.05, 3.63) is 54.1 Å². The molecule has 1 aliphatic heterocycles. The highest BCUT2D eigenvalue weighted by molar-refractivity contribution is 6.04. The Hall–Kier alpha value is -3.02. The molecule has 0 atom stereocenters. The minimum absolute atomic E-state index is 0.0317. The van der Waals surface area contributed by atoms with Crippen molar-refractivity contribution < 1.29 is 19.3 Å². The Labute approximate surface area is 147 Å². The molecule has 0 saturated heterocycles. The van der Waals surface area contributed by atoms with Gasteiger partial charge in [-0.2, -0.15) is 4.90 Å². The normalized spacial score (nSPS) is 13.6. The quantitative estimate of drug-likeness (QED) is 0.823. The van der Waals surface area contributed by atoms with Gasteiger partial charge in [0.25, 0.3) is 0 Å². The molecule has 3 rings (SSSR count). The smallest absolute Gasteiger partial charge is 0.358 e. The lowest BCUT2D eigenvalue weighted by Crippen LogP contribution is -2.72. The van der Waals surface area contributed by atoms with Crippen LogP contribution in [-0.4, -0.2) is 37.0 Å². The summed E-state index contributed by atoms with van der Waals surface area (Å²) in [4.78, 5) is 17.0. The van der Waals surface area contributed by atoms with Gasteiger partial charge in [-0.05, 0) is 48.9 Å². The van der Waals surface area contributed by atoms with E-state index in [1.165, 1.54) is 0 Å². The molecule has 0 saturated carbocycles. The minimum Gasteiger partial charge on any atom is -0.497 e. The lowest BCUT2D eigenvalue weighted by atomic mass is 10.2. The Morgan fingerprint density at radius 1 is 1.08 bits per heavy atom. The molecule has 0 unspecified atom stereocenters. The molecule has 130 valence electrons. The first kappa shape index (κ1) is 16.8. The van der Waals surface area contributed by atoms with E-state index in [4.69, 9.17) is 9.47 Å². The highest BCUT2D eigenvalue weighted by Crippen LogP contribution is 2.17. The molecule has 0 fully saturated rings. The Bertz CT molecular complexity index is 754. The number of guanidine groups is 1. The Balaban J connectivity index is 1.68. The van der Waals surface area contributed by atoms with Gasteiger partial charge < -0.3 is 9.47 Å². The van der Waals surface area contributed by atoms with Crippen LogP contribution in [0.15, 0.2) is 48.5 Å². The fourth-order valence-corrected chi connectivity index (χ4v) is 2.61. The van der Waals surface area contributed by atoms with Crippen molar-refractivity contribution in [2.24, 2.45) is 0 Å². The Morgan fingerprint density at radius 2 is 1.76 bits per heavy atom. The molecule has 1 aliphatic rings. The first-order valence-electron chi connectivity index (χ1n) is 8.23. The molecule has 2 N–H and O–H groups in total. The Morgan fingerprint density at radius 3 is 2.40 bits per heavy atom. The lowest BCUT2D eigenvalue weighted by Gasteiger charge is -2.13. The average Bonchev–Trinajstić information content (AvgIpc) is 2.97. The van der Waals surface area contributed by atoms with Crippen LogP contribution in [0.5, 0.6) is 11.5 Å². The largest absolute Gasteiger partial charge is 0.497 e. The molecular weight excluding hydrogens is 318 g/mol. The van der Waals surface area contributed by atoms with Gasteiger partial charge >= 0.3 is 11.9 Å². The number of hydrogen-bond donors (Lipinski definition) is 2. The lowest BCUT2D eigenvalue weighted by molar-refractivity contribution is -0.438. The zero-order valence-electron chi connectivity index (χ0n) is 14.4. The maximum absolute atomic E-state index is 12.2. The summed E-state index contributed by atoms with van der Waals surface area (Å²) in [6.45, 7) is 3.37. The number of hydrogen-bond acceptors (Lipinski definition) is 4. The molecule has 0 bridgehead atoms. The molecular formula is C19H22N3O3+. The van der Waals surface area contributed by atoms with Crippen LogP contribution in [0.1, 0.15) is 12.5 Å². The van der Waals surface area contributed by atoms with Crippen molar-refractivity contribution in [2.75, 3.05) is 25.6 Å². The molecule has 2 aromatic rings. The van der Waals surface area contributed by atoms with Gasteiger partial charge in [-0.15, -0.1) is 0 Å². The number of nitrogens with one attached hydrogen (secondary N) is 2. The molecule has 1 heterocycles. The fourth-order valence-electron chi connectivity index (χ4n) is 2.61. The summed E-state index contributed by atoms with van der Waals surface area (Å²) in [6, 6.07) is 15.3. The third-order valence-electron chi connectivity index (χ3n) is 3.91. The van der Waals surface area contributed by atoms with Gasteiger partial charge in [0.2, 0.25) is 0 Å². The molecule has 0 aromatic heterocycles. The third-order valence-corrected chi connectivity index (χ3v) is 3.91. The summed E-state index contributed by atoms with van der Waals surface area (Å²) in [5, 5.41) is 3.26. The number of nitrogens with zero attached hydrogens (tertiary/aromatic N) is 1. The van der Waals surface area contributed by atoms with E-state index in [0.717, 1.165) is 22.7 Å². The van der Waals surface area contributed by atoms with Crippen molar-refractivity contribution in [1.29, 1.82) is 0 Å². The number of anilines is 1. The van der Waals surface area contributed by atoms with Crippen molar-refractivity contribution in [3.8, 4) is 11.5 Å². The molecule has 0 aliphatic carbocycles. The summed E-state index contributed by atoms with van der Waals surface area (Å²) >= 11 is 0. The van der Waals surface area contributed by atoms with E-state index in [0.29, 0.717) is 19.1 Å². The topological polar surface area (TPSA) is 64.8 Å². The summed E-state index contributed by atoms with van der Waals surface area (Å²) in [6.07, 6.45) is 0. The van der Waals surface area contributed by atoms with E-state index in [2.05, 4.69) is 10.3 Å². The van der Waals surface area contributed by atoms with Crippen LogP contribution in [0.4, 0.5) is 5.69 Å². The number of rotatable bonds is 6. The van der Waals surface area contributed by atoms with Crippen molar-refractivity contribution >= 4 is 17.6 Å². The van der Waals surface area contributed by atoms with Crippen LogP contribution < -0.4 is 19.8 Å². The van der Waals surface area contributed by atoms with E-state index in [9.17, 15) is 4.79 Å². The zero-order chi connectivity index (χ0) is 17.6. The molecule has 25 heavy (non-hydrogen) atoms. The number of ether oxygens (including phenoxy) is 2. The first-order valence-corrected chi connectivity index (χ1v) is 8.23. The number of amides is 1. The molecule has 6 nitrogen and oxygen atoms in total. The second-order valence-electron chi connectivity index (χ2n) is 5.61. The summed E-state index contributed by atoms with van der Waals surface area (Å²) < 4.78 is 10.6. The van der Waals surface area contributed by atoms with Gasteiger partial charge in [-0.3, -0.25) is 9.79 Å². The molecule has 1 amide bonds. The van der Waals surface area contributed by atoms with Gasteiger partial charge in [0, 0.05) is 0 Å². The Kier molecular flexibility index (Phi) is 5.18. The number of methoxy groups -OCH3 is 1. The second kappa shape index (κ2) is 7.70. The van der Waals surface area contributed by atoms with Crippen molar-refractivity contribution in [3.63, 3.8) is 0 Å². The fraction of sp³-hybridized carbons (Fsp3) is 0.263. The number of benzene rings is 2. The van der Waals surface area contributed by atoms with E-state index in [1.54, 1.807) is 12.0 Å². The predicted molar refractivity (Wildman–Crippen MR) is 95.6 cm³/mol. The van der Waals surface area contributed by atoms with Crippen molar-refractivity contribution in [1.82, 2.24) is 4.90 Å². The van der Waals surface area contributed by atoms with Crippen LogP contribution in [0, 0.1) is 0 Å². The first-order chi connectivity index (χ1) is 12.2. The second-order valence-corrected chi connectivity index (χ2v) is 5.61. The number of carbonyl (C=O) groups excluding carboxylic acids is 1. The monoisotopic (exact) mass is 340 g/mol. The molecule has 0 radical (unpaired) electrons. The zero-order valence-corrected chi connectivity index (χ0v) is 14.4. The van der Waals surface area contributed by atoms with E-state index in [-0.39, 0.29) is 12.5 Å². The average molecular weight is 340 g/mol. The van der Waals surface area contributed by atoms with Gasteiger partial charge in [-0.1, -0.05) is 12.1 Å². The van der Waals surface area contributed by atoms with Crippen LogP contribution in [-0.2, 0) is 11.3 Å². The van der Waals surface area contributed by atoms with Gasteiger partial charge in [0.05, 0.1) is 19.4 Å². The minimum atomic E-state index is 0.0317. The molecule has 6 heteroatoms. The van der Waals surface area contributed by atoms with E-state index in [1.807, 2.05) is 55.5 Å². The SMILES string of the molecule is CCOc1ccc(NC2=[NH+]CC(=O)N2Cc2ccc(OC)cc2)cc1. The summed E-state index contributed by atoms with van der Waals surface area (Å²) in [5.41, 5.74) is 1.92. The maximum atomic E-state index is 12.2. The van der Waals surface area contributed by atoms with Crippen LogP contribution in [0.3, 0.4) is 0 Å². The van der Waals surface area contributed by atoms with E-state index >= 15 is 0 Å². The maximum Gasteiger partial charge on any atom is 0.358 e. The number of carbonyl (C=O) groups is 1. The summed E-state index contributed by atoms with van der Waals surface area (Å²) in [5.74, 6) is 2.34. The van der Waals surface area contributed by atoms with Crippen molar-refractivity contribution in [2.45, 2.75) is 13.5 Å². The summed E-state index contributed by atoms with van der Waals surface area (Å²) in [7, 11) is 1.63. The van der Waals surface area contributed by atoms with Gasteiger partial charge in [-0.25, -0.2) is 5.32 Å². The van der Waals surface area contributed by atoms with Crippen LogP contribution in [0.25, 0.3) is 0 Å². The highest BCUT2D eigenvalue weighted by Gasteiger charge is 2.32. The highest BCUT2D eigenvalue weighted by atomic mass is 16.5. The molecule has 0 spiro atoms. The van der Waals surface area contributed by atoms with E-state index < -0.39 is 0 Å². The predicted octanol–water partition coefficient (Wildman–Crippen LogP) is 0.985. The van der Waals surface area contributed by atoms with Crippen LogP contribution in [0.2, 0.25) is 0 Å². The van der Waals surface area contributed by atoms with Crippen LogP contribution >= 0.6 is 0 Å².